The number of H-pyrrole nitrogens is 1. The minimum atomic E-state index is -0.663. The SMILES string of the molecule is OC(CSc1ccccc1Cl)c1ncn[nH]1. The Morgan fingerprint density at radius 2 is 2.25 bits per heavy atom. The molecule has 2 aromatic rings. The summed E-state index contributed by atoms with van der Waals surface area (Å²) >= 11 is 7.48. The molecule has 0 bridgehead atoms. The van der Waals surface area contributed by atoms with E-state index in [0.29, 0.717) is 16.6 Å². The van der Waals surface area contributed by atoms with Crippen LogP contribution in [-0.4, -0.2) is 26.0 Å². The van der Waals surface area contributed by atoms with Crippen molar-refractivity contribution in [2.75, 3.05) is 5.75 Å². The smallest absolute Gasteiger partial charge is 0.154 e. The maximum Gasteiger partial charge on any atom is 0.154 e. The molecule has 2 rings (SSSR count). The van der Waals surface area contributed by atoms with E-state index >= 15 is 0 Å². The summed E-state index contributed by atoms with van der Waals surface area (Å²) in [5.41, 5.74) is 0. The lowest BCUT2D eigenvalue weighted by atomic mass is 10.4. The summed E-state index contributed by atoms with van der Waals surface area (Å²) in [6.45, 7) is 0. The Balaban J connectivity index is 1.95. The Labute approximate surface area is 102 Å². The number of aromatic nitrogens is 3. The largest absolute Gasteiger partial charge is 0.384 e. The van der Waals surface area contributed by atoms with E-state index in [1.807, 2.05) is 24.3 Å². The fourth-order valence-electron chi connectivity index (χ4n) is 1.18. The summed E-state index contributed by atoms with van der Waals surface area (Å²) < 4.78 is 0. The summed E-state index contributed by atoms with van der Waals surface area (Å²) in [5, 5.41) is 16.8. The first-order chi connectivity index (χ1) is 7.77. The molecule has 0 fully saturated rings. The second-order valence-corrected chi connectivity index (χ2v) is 4.60. The number of nitrogens with zero attached hydrogens (tertiary/aromatic N) is 2. The second kappa shape index (κ2) is 5.34. The molecule has 16 heavy (non-hydrogen) atoms. The molecular formula is C10H10ClN3OS. The van der Waals surface area contributed by atoms with E-state index in [2.05, 4.69) is 15.2 Å². The number of hydrogen-bond donors (Lipinski definition) is 2. The van der Waals surface area contributed by atoms with Crippen LogP contribution in [0.5, 0.6) is 0 Å². The minimum absolute atomic E-state index is 0.472. The van der Waals surface area contributed by atoms with Gasteiger partial charge in [-0.25, -0.2) is 4.98 Å². The number of hydrogen-bond acceptors (Lipinski definition) is 4. The Morgan fingerprint density at radius 1 is 1.44 bits per heavy atom. The number of rotatable bonds is 4. The maximum absolute atomic E-state index is 9.76. The van der Waals surface area contributed by atoms with Gasteiger partial charge in [-0.05, 0) is 12.1 Å². The van der Waals surface area contributed by atoms with E-state index in [1.54, 1.807) is 0 Å². The van der Waals surface area contributed by atoms with Crippen molar-refractivity contribution in [1.82, 2.24) is 15.2 Å². The summed E-state index contributed by atoms with van der Waals surface area (Å²) in [5.74, 6) is 0.957. The third-order valence-corrected chi connectivity index (χ3v) is 3.57. The first kappa shape index (κ1) is 11.4. The van der Waals surface area contributed by atoms with Gasteiger partial charge in [0.25, 0.3) is 0 Å². The molecule has 0 saturated heterocycles. The molecule has 0 spiro atoms. The Morgan fingerprint density at radius 3 is 2.94 bits per heavy atom. The van der Waals surface area contributed by atoms with Gasteiger partial charge in [0, 0.05) is 10.6 Å². The van der Waals surface area contributed by atoms with Crippen LogP contribution in [0.1, 0.15) is 11.9 Å². The van der Waals surface area contributed by atoms with Crippen molar-refractivity contribution in [3.8, 4) is 0 Å². The van der Waals surface area contributed by atoms with Crippen LogP contribution in [0, 0.1) is 0 Å². The van der Waals surface area contributed by atoms with Gasteiger partial charge in [0.2, 0.25) is 0 Å². The molecule has 0 saturated carbocycles. The highest BCUT2D eigenvalue weighted by Crippen LogP contribution is 2.29. The Hall–Kier alpha value is -1.04. The standard InChI is InChI=1S/C10H10ClN3OS/c11-7-3-1-2-4-9(7)16-5-8(15)10-12-6-13-14-10/h1-4,6,8,15H,5H2,(H,12,13,14). The predicted octanol–water partition coefficient (Wildman–Crippen LogP) is 2.28. The van der Waals surface area contributed by atoms with Crippen molar-refractivity contribution < 1.29 is 5.11 Å². The van der Waals surface area contributed by atoms with E-state index in [0.717, 1.165) is 4.90 Å². The molecule has 2 N–H and O–H groups in total. The molecule has 0 radical (unpaired) electrons. The van der Waals surface area contributed by atoms with Crippen molar-refractivity contribution in [2.24, 2.45) is 0 Å². The molecule has 1 atom stereocenters. The maximum atomic E-state index is 9.76. The zero-order valence-electron chi connectivity index (χ0n) is 8.30. The van der Waals surface area contributed by atoms with Crippen LogP contribution in [-0.2, 0) is 0 Å². The van der Waals surface area contributed by atoms with Crippen LogP contribution in [0.4, 0.5) is 0 Å². The molecular weight excluding hydrogens is 246 g/mol. The van der Waals surface area contributed by atoms with Crippen LogP contribution in [0.3, 0.4) is 0 Å². The molecule has 1 heterocycles. The van der Waals surface area contributed by atoms with Crippen molar-refractivity contribution in [1.29, 1.82) is 0 Å². The van der Waals surface area contributed by atoms with E-state index in [4.69, 9.17) is 11.6 Å². The Bertz CT molecular complexity index is 449. The number of benzene rings is 1. The van der Waals surface area contributed by atoms with Crippen LogP contribution in [0.15, 0.2) is 35.5 Å². The minimum Gasteiger partial charge on any atom is -0.384 e. The van der Waals surface area contributed by atoms with E-state index in [9.17, 15) is 5.11 Å². The highest BCUT2D eigenvalue weighted by atomic mass is 35.5. The average Bonchev–Trinajstić information content (AvgIpc) is 2.81. The second-order valence-electron chi connectivity index (χ2n) is 3.13. The van der Waals surface area contributed by atoms with Gasteiger partial charge in [-0.1, -0.05) is 23.7 Å². The third kappa shape index (κ3) is 2.75. The molecule has 0 aliphatic heterocycles. The number of thioether (sulfide) groups is 1. The fourth-order valence-corrected chi connectivity index (χ4v) is 2.36. The van der Waals surface area contributed by atoms with Crippen LogP contribution in [0.2, 0.25) is 5.02 Å². The molecule has 0 aliphatic carbocycles. The van der Waals surface area contributed by atoms with Gasteiger partial charge in [-0.2, -0.15) is 5.10 Å². The van der Waals surface area contributed by atoms with Gasteiger partial charge in [0.1, 0.15) is 12.4 Å². The van der Waals surface area contributed by atoms with E-state index in [1.165, 1.54) is 18.1 Å². The van der Waals surface area contributed by atoms with Crippen molar-refractivity contribution >= 4 is 23.4 Å². The van der Waals surface area contributed by atoms with Gasteiger partial charge in [0.05, 0.1) is 5.02 Å². The van der Waals surface area contributed by atoms with Crippen molar-refractivity contribution in [3.63, 3.8) is 0 Å². The first-order valence-corrected chi connectivity index (χ1v) is 6.04. The van der Waals surface area contributed by atoms with Gasteiger partial charge in [-0.15, -0.1) is 11.8 Å². The summed E-state index contributed by atoms with van der Waals surface area (Å²) in [7, 11) is 0. The number of aromatic amines is 1. The van der Waals surface area contributed by atoms with Crippen LogP contribution < -0.4 is 0 Å². The quantitative estimate of drug-likeness (QED) is 0.823. The van der Waals surface area contributed by atoms with Gasteiger partial charge in [0.15, 0.2) is 5.82 Å². The summed E-state index contributed by atoms with van der Waals surface area (Å²) in [4.78, 5) is 4.83. The number of halogens is 1. The van der Waals surface area contributed by atoms with Crippen LogP contribution >= 0.6 is 23.4 Å². The summed E-state index contributed by atoms with van der Waals surface area (Å²) in [6.07, 6.45) is 0.711. The van der Waals surface area contributed by atoms with E-state index < -0.39 is 6.10 Å². The topological polar surface area (TPSA) is 61.8 Å². The fraction of sp³-hybridized carbons (Fsp3) is 0.200. The van der Waals surface area contributed by atoms with Crippen molar-refractivity contribution in [2.45, 2.75) is 11.0 Å². The van der Waals surface area contributed by atoms with Gasteiger partial charge < -0.3 is 5.11 Å². The van der Waals surface area contributed by atoms with E-state index in [-0.39, 0.29) is 0 Å². The molecule has 4 nitrogen and oxygen atoms in total. The lowest BCUT2D eigenvalue weighted by molar-refractivity contribution is 0.194. The number of nitrogens with one attached hydrogen (secondary N) is 1. The number of aliphatic hydroxyl groups excluding tert-OH is 1. The van der Waals surface area contributed by atoms with Crippen LogP contribution in [0.25, 0.3) is 0 Å². The third-order valence-electron chi connectivity index (χ3n) is 1.98. The van der Waals surface area contributed by atoms with Gasteiger partial charge in [-0.3, -0.25) is 5.10 Å². The zero-order valence-corrected chi connectivity index (χ0v) is 9.87. The molecule has 1 aromatic carbocycles. The normalized spacial score (nSPS) is 12.6. The molecule has 0 amide bonds. The predicted molar refractivity (Wildman–Crippen MR) is 63.5 cm³/mol. The zero-order chi connectivity index (χ0) is 11.4. The average molecular weight is 256 g/mol. The molecule has 1 aromatic heterocycles. The molecule has 1 unspecified atom stereocenters. The number of aliphatic hydroxyl groups is 1. The monoisotopic (exact) mass is 255 g/mol. The molecule has 0 aliphatic rings. The molecule has 6 heteroatoms. The Kier molecular flexibility index (Phi) is 3.82. The first-order valence-electron chi connectivity index (χ1n) is 4.68. The van der Waals surface area contributed by atoms with Crippen molar-refractivity contribution in [3.05, 3.63) is 41.4 Å². The highest BCUT2D eigenvalue weighted by molar-refractivity contribution is 7.99. The highest BCUT2D eigenvalue weighted by Gasteiger charge is 2.11. The van der Waals surface area contributed by atoms with Gasteiger partial charge >= 0.3 is 0 Å². The summed E-state index contributed by atoms with van der Waals surface area (Å²) in [6, 6.07) is 7.53. The lowest BCUT2D eigenvalue weighted by Gasteiger charge is -2.07. The lowest BCUT2D eigenvalue weighted by Crippen LogP contribution is -2.02. The molecule has 84 valence electrons.